The molecule has 0 radical (unpaired) electrons. The molecule has 8 nitrogen and oxygen atoms in total. The zero-order valence-electron chi connectivity index (χ0n) is 19.5. The van der Waals surface area contributed by atoms with Crippen molar-refractivity contribution in [2.45, 2.75) is 12.5 Å². The number of hydrogen-bond acceptors (Lipinski definition) is 7. The molecule has 0 bridgehead atoms. The predicted molar refractivity (Wildman–Crippen MR) is 129 cm³/mol. The maximum absolute atomic E-state index is 14.3. The number of hydrogen-bond donors (Lipinski definition) is 1. The minimum absolute atomic E-state index is 0.285. The molecule has 2 aliphatic heterocycles. The number of benzene rings is 3. The lowest BCUT2D eigenvalue weighted by Crippen LogP contribution is -2.46. The highest BCUT2D eigenvalue weighted by Gasteiger charge is 2.63. The number of oxime groups is 1. The molecule has 3 aromatic carbocycles. The second kappa shape index (κ2) is 8.79. The van der Waals surface area contributed by atoms with Crippen LogP contribution in [0.25, 0.3) is 0 Å². The molecule has 0 saturated carbocycles. The number of methoxy groups -OCH3 is 2. The molecule has 1 amide bonds. The summed E-state index contributed by atoms with van der Waals surface area (Å²) in [4.78, 5) is 33.7. The summed E-state index contributed by atoms with van der Waals surface area (Å²) in [5.41, 5.74) is 0.589. The Bertz CT molecular complexity index is 1350. The number of ketones is 1. The summed E-state index contributed by atoms with van der Waals surface area (Å²) in [5, 5.41) is 7.18. The molecule has 2 heterocycles. The van der Waals surface area contributed by atoms with Crippen LogP contribution in [-0.2, 0) is 15.2 Å². The van der Waals surface area contributed by atoms with E-state index < -0.39 is 17.4 Å². The average molecular weight is 472 g/mol. The van der Waals surface area contributed by atoms with Gasteiger partial charge in [-0.3, -0.25) is 9.59 Å². The third kappa shape index (κ3) is 3.41. The van der Waals surface area contributed by atoms with Gasteiger partial charge in [0.2, 0.25) is 0 Å². The lowest BCUT2D eigenvalue weighted by molar-refractivity contribution is -0.140. The third-order valence-electron chi connectivity index (χ3n) is 6.28. The van der Waals surface area contributed by atoms with E-state index in [9.17, 15) is 9.59 Å². The maximum Gasteiger partial charge on any atom is 0.277 e. The molecule has 0 unspecified atom stereocenters. The van der Waals surface area contributed by atoms with E-state index in [2.05, 4.69) is 10.5 Å². The molecular formula is C27H24N2O6. The van der Waals surface area contributed by atoms with Gasteiger partial charge in [-0.15, -0.1) is 0 Å². The summed E-state index contributed by atoms with van der Waals surface area (Å²) >= 11 is 0. The number of anilines is 1. The number of carbonyl (C=O) groups excluding carboxylic acids is 2. The molecule has 0 fully saturated rings. The molecule has 3 aromatic rings. The van der Waals surface area contributed by atoms with E-state index in [1.54, 1.807) is 67.8 Å². The second-order valence-electron chi connectivity index (χ2n) is 8.10. The summed E-state index contributed by atoms with van der Waals surface area (Å²) in [7, 11) is 3.07. The average Bonchev–Trinajstić information content (AvgIpc) is 3.42. The fraction of sp³-hybridized carbons (Fsp3) is 0.222. The number of carbonyl (C=O) groups is 2. The van der Waals surface area contributed by atoms with Crippen molar-refractivity contribution >= 4 is 23.1 Å². The molecule has 1 N–H and O–H groups in total. The van der Waals surface area contributed by atoms with Crippen LogP contribution in [0.4, 0.5) is 5.69 Å². The van der Waals surface area contributed by atoms with Crippen LogP contribution in [0.2, 0.25) is 0 Å². The highest BCUT2D eigenvalue weighted by atomic mass is 16.7. The zero-order chi connectivity index (χ0) is 24.6. The summed E-state index contributed by atoms with van der Waals surface area (Å²) in [6, 6.07) is 19.3. The first-order valence-electron chi connectivity index (χ1n) is 11.2. The van der Waals surface area contributed by atoms with Crippen molar-refractivity contribution in [2.75, 3.05) is 26.1 Å². The Hall–Kier alpha value is -4.33. The molecule has 0 aliphatic carbocycles. The fourth-order valence-corrected chi connectivity index (χ4v) is 4.68. The first kappa shape index (κ1) is 22.5. The number of nitrogens with one attached hydrogen (secondary N) is 1. The molecule has 5 rings (SSSR count). The zero-order valence-corrected chi connectivity index (χ0v) is 19.5. The Morgan fingerprint density at radius 2 is 1.80 bits per heavy atom. The molecule has 1 spiro atoms. The molecule has 0 saturated heterocycles. The summed E-state index contributed by atoms with van der Waals surface area (Å²) in [5.74, 6) is -0.475. The predicted octanol–water partition coefficient (Wildman–Crippen LogP) is 4.18. The van der Waals surface area contributed by atoms with Crippen molar-refractivity contribution in [3.63, 3.8) is 0 Å². The van der Waals surface area contributed by atoms with Gasteiger partial charge in [0.25, 0.3) is 11.5 Å². The molecular weight excluding hydrogens is 448 g/mol. The standard InChI is InChI=1S/C27H24N2O6/c1-4-34-21-12-8-5-9-18(21)25(30)23-24(17-14-13-16(32-2)15-22(17)33-3)29-35-27(23)19-10-6-7-11-20(19)28-26(27)31/h5-15,23H,4H2,1-3H3,(H,28,31)/t23-,27+/m0/s1. The van der Waals surface area contributed by atoms with Crippen LogP contribution in [0.5, 0.6) is 17.2 Å². The van der Waals surface area contributed by atoms with E-state index in [1.165, 1.54) is 7.11 Å². The Morgan fingerprint density at radius 1 is 1.03 bits per heavy atom. The molecule has 178 valence electrons. The Morgan fingerprint density at radius 3 is 2.57 bits per heavy atom. The molecule has 2 atom stereocenters. The van der Waals surface area contributed by atoms with Crippen molar-refractivity contribution in [1.29, 1.82) is 0 Å². The van der Waals surface area contributed by atoms with Gasteiger partial charge in [0.1, 0.15) is 28.9 Å². The van der Waals surface area contributed by atoms with Gasteiger partial charge in [0.15, 0.2) is 5.78 Å². The molecule has 2 aliphatic rings. The Balaban J connectivity index is 1.72. The fourth-order valence-electron chi connectivity index (χ4n) is 4.68. The summed E-state index contributed by atoms with van der Waals surface area (Å²) in [6.45, 7) is 2.23. The van der Waals surface area contributed by atoms with Crippen molar-refractivity contribution in [3.8, 4) is 17.2 Å². The van der Waals surface area contributed by atoms with Crippen molar-refractivity contribution in [3.05, 3.63) is 83.4 Å². The molecule has 8 heteroatoms. The van der Waals surface area contributed by atoms with Crippen molar-refractivity contribution in [1.82, 2.24) is 0 Å². The van der Waals surface area contributed by atoms with Gasteiger partial charge in [0, 0.05) is 22.9 Å². The maximum atomic E-state index is 14.3. The van der Waals surface area contributed by atoms with Crippen molar-refractivity contribution in [2.24, 2.45) is 11.1 Å². The number of ether oxygens (including phenoxy) is 3. The van der Waals surface area contributed by atoms with E-state index in [0.29, 0.717) is 46.2 Å². The lowest BCUT2D eigenvalue weighted by atomic mass is 9.74. The first-order chi connectivity index (χ1) is 17.0. The van der Waals surface area contributed by atoms with Gasteiger partial charge < -0.3 is 24.4 Å². The normalized spacial score (nSPS) is 20.0. The van der Waals surface area contributed by atoms with Crippen LogP contribution in [0.1, 0.15) is 28.4 Å². The number of nitrogens with zero attached hydrogens (tertiary/aromatic N) is 1. The van der Waals surface area contributed by atoms with E-state index in [4.69, 9.17) is 19.0 Å². The highest BCUT2D eigenvalue weighted by Crippen LogP contribution is 2.51. The van der Waals surface area contributed by atoms with Crippen LogP contribution in [0.3, 0.4) is 0 Å². The number of Topliss-reactive ketones (excluding diaryl/α,β-unsaturated/α-hetero) is 1. The Kier molecular flexibility index (Phi) is 5.64. The first-order valence-corrected chi connectivity index (χ1v) is 11.2. The summed E-state index contributed by atoms with van der Waals surface area (Å²) < 4.78 is 16.6. The monoisotopic (exact) mass is 472 g/mol. The smallest absolute Gasteiger partial charge is 0.277 e. The number of fused-ring (bicyclic) bond motifs is 2. The Labute approximate surface area is 202 Å². The van der Waals surface area contributed by atoms with Crippen LogP contribution >= 0.6 is 0 Å². The van der Waals surface area contributed by atoms with Crippen LogP contribution in [0.15, 0.2) is 71.9 Å². The van der Waals surface area contributed by atoms with Gasteiger partial charge in [-0.2, -0.15) is 0 Å². The SMILES string of the molecule is CCOc1ccccc1C(=O)[C@@H]1C(c2ccc(OC)cc2OC)=NO[C@@]12C(=O)Nc1ccccc12. The number of para-hydroxylation sites is 2. The van der Waals surface area contributed by atoms with Gasteiger partial charge in [0.05, 0.1) is 26.4 Å². The van der Waals surface area contributed by atoms with Gasteiger partial charge >= 0.3 is 0 Å². The van der Waals surface area contributed by atoms with Gasteiger partial charge in [-0.05, 0) is 37.3 Å². The van der Waals surface area contributed by atoms with Crippen LogP contribution in [-0.4, -0.2) is 38.2 Å². The van der Waals surface area contributed by atoms with E-state index in [-0.39, 0.29) is 11.5 Å². The van der Waals surface area contributed by atoms with E-state index in [0.717, 1.165) is 0 Å². The lowest BCUT2D eigenvalue weighted by Gasteiger charge is -2.27. The quantitative estimate of drug-likeness (QED) is 0.519. The van der Waals surface area contributed by atoms with Crippen LogP contribution in [0, 0.1) is 5.92 Å². The number of rotatable bonds is 7. The second-order valence-corrected chi connectivity index (χ2v) is 8.10. The highest BCUT2D eigenvalue weighted by molar-refractivity contribution is 6.25. The van der Waals surface area contributed by atoms with Gasteiger partial charge in [-0.1, -0.05) is 35.5 Å². The minimum atomic E-state index is -1.67. The van der Waals surface area contributed by atoms with Crippen molar-refractivity contribution < 1.29 is 28.6 Å². The summed E-state index contributed by atoms with van der Waals surface area (Å²) in [6.07, 6.45) is 0. The van der Waals surface area contributed by atoms with E-state index >= 15 is 0 Å². The van der Waals surface area contributed by atoms with E-state index in [1.807, 2.05) is 13.0 Å². The number of amides is 1. The minimum Gasteiger partial charge on any atom is -0.497 e. The topological polar surface area (TPSA) is 95.5 Å². The molecule has 35 heavy (non-hydrogen) atoms. The van der Waals surface area contributed by atoms with Crippen LogP contribution < -0.4 is 19.5 Å². The van der Waals surface area contributed by atoms with Gasteiger partial charge in [-0.25, -0.2) is 0 Å². The third-order valence-corrected chi connectivity index (χ3v) is 6.28. The largest absolute Gasteiger partial charge is 0.497 e. The molecule has 0 aromatic heterocycles.